The summed E-state index contributed by atoms with van der Waals surface area (Å²) in [5.74, 6) is 0.709. The van der Waals surface area contributed by atoms with Gasteiger partial charge < -0.3 is 9.84 Å². The summed E-state index contributed by atoms with van der Waals surface area (Å²) >= 11 is 0. The number of aliphatic hydroxyl groups excluding tert-OH is 1. The molecule has 0 aliphatic rings. The van der Waals surface area contributed by atoms with E-state index in [9.17, 15) is 0 Å². The molecule has 0 unspecified atom stereocenters. The fourth-order valence-electron chi connectivity index (χ4n) is 1.33. The monoisotopic (exact) mass is 215 g/mol. The van der Waals surface area contributed by atoms with E-state index >= 15 is 0 Å². The summed E-state index contributed by atoms with van der Waals surface area (Å²) < 4.78 is 5.55. The van der Waals surface area contributed by atoms with E-state index in [-0.39, 0.29) is 6.61 Å². The number of hydrogen-bond acceptors (Lipinski definition) is 3. The second-order valence-corrected chi connectivity index (χ2v) is 3.42. The Morgan fingerprint density at radius 2 is 1.88 bits per heavy atom. The molecule has 0 saturated carbocycles. The number of aromatic nitrogens is 1. The molecule has 0 aliphatic carbocycles. The van der Waals surface area contributed by atoms with Crippen LogP contribution in [0.25, 0.3) is 0 Å². The summed E-state index contributed by atoms with van der Waals surface area (Å²) in [4.78, 5) is 4.03. The highest BCUT2D eigenvalue weighted by molar-refractivity contribution is 5.21. The van der Waals surface area contributed by atoms with Gasteiger partial charge in [-0.15, -0.1) is 0 Å². The standard InChI is InChI=1S/C13H13NO2/c15-9-12-6-7-13(8-14-12)16-10-11-4-2-1-3-5-11/h1-8,15H,9-10H2. The van der Waals surface area contributed by atoms with E-state index in [4.69, 9.17) is 9.84 Å². The summed E-state index contributed by atoms with van der Waals surface area (Å²) in [6.07, 6.45) is 1.62. The van der Waals surface area contributed by atoms with Crippen LogP contribution in [0, 0.1) is 0 Å². The van der Waals surface area contributed by atoms with Gasteiger partial charge in [-0.2, -0.15) is 0 Å². The maximum Gasteiger partial charge on any atom is 0.138 e. The minimum Gasteiger partial charge on any atom is -0.487 e. The van der Waals surface area contributed by atoms with Crippen molar-refractivity contribution in [1.29, 1.82) is 0 Å². The Morgan fingerprint density at radius 3 is 2.50 bits per heavy atom. The Morgan fingerprint density at radius 1 is 1.06 bits per heavy atom. The number of nitrogens with zero attached hydrogens (tertiary/aromatic N) is 1. The highest BCUT2D eigenvalue weighted by Gasteiger charge is 1.96. The van der Waals surface area contributed by atoms with Gasteiger partial charge in [0.1, 0.15) is 12.4 Å². The van der Waals surface area contributed by atoms with Crippen molar-refractivity contribution in [2.75, 3.05) is 0 Å². The Labute approximate surface area is 94.3 Å². The first-order valence-corrected chi connectivity index (χ1v) is 5.11. The maximum absolute atomic E-state index is 8.83. The first-order valence-electron chi connectivity index (χ1n) is 5.11. The minimum absolute atomic E-state index is 0.0427. The lowest BCUT2D eigenvalue weighted by atomic mass is 10.2. The normalized spacial score (nSPS) is 10.1. The zero-order valence-electron chi connectivity index (χ0n) is 8.84. The molecule has 1 N–H and O–H groups in total. The molecular formula is C13H13NO2. The van der Waals surface area contributed by atoms with Crippen molar-refractivity contribution in [3.63, 3.8) is 0 Å². The SMILES string of the molecule is OCc1ccc(OCc2ccccc2)cn1. The molecule has 0 radical (unpaired) electrons. The van der Waals surface area contributed by atoms with Gasteiger partial charge in [-0.05, 0) is 17.7 Å². The number of pyridine rings is 1. The van der Waals surface area contributed by atoms with E-state index < -0.39 is 0 Å². The van der Waals surface area contributed by atoms with Crippen LogP contribution in [0.3, 0.4) is 0 Å². The van der Waals surface area contributed by atoms with E-state index in [1.165, 1.54) is 0 Å². The lowest BCUT2D eigenvalue weighted by Gasteiger charge is -2.05. The highest BCUT2D eigenvalue weighted by atomic mass is 16.5. The van der Waals surface area contributed by atoms with Crippen LogP contribution < -0.4 is 4.74 Å². The van der Waals surface area contributed by atoms with E-state index in [1.807, 2.05) is 36.4 Å². The first kappa shape index (κ1) is 10.6. The fourth-order valence-corrected chi connectivity index (χ4v) is 1.33. The average molecular weight is 215 g/mol. The summed E-state index contributed by atoms with van der Waals surface area (Å²) in [6, 6.07) is 13.5. The number of rotatable bonds is 4. The Bertz CT molecular complexity index is 425. The van der Waals surface area contributed by atoms with E-state index in [1.54, 1.807) is 12.3 Å². The third-order valence-electron chi connectivity index (χ3n) is 2.21. The molecule has 1 heterocycles. The number of hydrogen-bond donors (Lipinski definition) is 1. The van der Waals surface area contributed by atoms with E-state index in [2.05, 4.69) is 4.98 Å². The molecule has 1 aromatic heterocycles. The van der Waals surface area contributed by atoms with Crippen LogP contribution in [0.1, 0.15) is 11.3 Å². The number of aliphatic hydroxyl groups is 1. The zero-order chi connectivity index (χ0) is 11.2. The predicted molar refractivity (Wildman–Crippen MR) is 60.9 cm³/mol. The number of benzene rings is 1. The molecule has 0 aliphatic heterocycles. The molecule has 0 amide bonds. The first-order chi connectivity index (χ1) is 7.88. The summed E-state index contributed by atoms with van der Waals surface area (Å²) in [5, 5.41) is 8.83. The molecule has 0 bridgehead atoms. The van der Waals surface area contributed by atoms with Gasteiger partial charge in [-0.1, -0.05) is 30.3 Å². The molecule has 3 heteroatoms. The lowest BCUT2D eigenvalue weighted by Crippen LogP contribution is -1.96. The van der Waals surface area contributed by atoms with Gasteiger partial charge >= 0.3 is 0 Å². The van der Waals surface area contributed by atoms with Crippen molar-refractivity contribution in [3.05, 3.63) is 59.9 Å². The van der Waals surface area contributed by atoms with Crippen LogP contribution in [0.2, 0.25) is 0 Å². The molecular weight excluding hydrogens is 202 g/mol. The third-order valence-corrected chi connectivity index (χ3v) is 2.21. The fraction of sp³-hybridized carbons (Fsp3) is 0.154. The zero-order valence-corrected chi connectivity index (χ0v) is 8.84. The maximum atomic E-state index is 8.83. The summed E-state index contributed by atoms with van der Waals surface area (Å²) in [5.41, 5.74) is 1.76. The molecule has 0 atom stereocenters. The Balaban J connectivity index is 1.94. The van der Waals surface area contributed by atoms with Crippen LogP contribution in [0.5, 0.6) is 5.75 Å². The second kappa shape index (κ2) is 5.28. The van der Waals surface area contributed by atoms with Gasteiger partial charge in [-0.3, -0.25) is 4.98 Å². The minimum atomic E-state index is -0.0427. The van der Waals surface area contributed by atoms with E-state index in [0.29, 0.717) is 18.1 Å². The molecule has 0 spiro atoms. The van der Waals surface area contributed by atoms with E-state index in [0.717, 1.165) is 5.56 Å². The van der Waals surface area contributed by atoms with Gasteiger partial charge in [0.25, 0.3) is 0 Å². The molecule has 82 valence electrons. The van der Waals surface area contributed by atoms with Crippen molar-refractivity contribution in [3.8, 4) is 5.75 Å². The summed E-state index contributed by atoms with van der Waals surface area (Å²) in [6.45, 7) is 0.486. The van der Waals surface area contributed by atoms with Crippen molar-refractivity contribution >= 4 is 0 Å². The Kier molecular flexibility index (Phi) is 3.51. The summed E-state index contributed by atoms with van der Waals surface area (Å²) in [7, 11) is 0. The van der Waals surface area contributed by atoms with Crippen molar-refractivity contribution < 1.29 is 9.84 Å². The van der Waals surface area contributed by atoms with Crippen molar-refractivity contribution in [2.24, 2.45) is 0 Å². The van der Waals surface area contributed by atoms with Gasteiger partial charge in [0.05, 0.1) is 18.5 Å². The quantitative estimate of drug-likeness (QED) is 0.849. The molecule has 2 rings (SSSR count). The number of ether oxygens (including phenoxy) is 1. The van der Waals surface area contributed by atoms with Crippen LogP contribution in [0.15, 0.2) is 48.7 Å². The molecule has 3 nitrogen and oxygen atoms in total. The Hall–Kier alpha value is -1.87. The van der Waals surface area contributed by atoms with Crippen LogP contribution in [0.4, 0.5) is 0 Å². The van der Waals surface area contributed by atoms with Crippen molar-refractivity contribution in [2.45, 2.75) is 13.2 Å². The smallest absolute Gasteiger partial charge is 0.138 e. The third kappa shape index (κ3) is 2.81. The van der Waals surface area contributed by atoms with Gasteiger partial charge in [0.2, 0.25) is 0 Å². The van der Waals surface area contributed by atoms with Gasteiger partial charge in [0.15, 0.2) is 0 Å². The van der Waals surface area contributed by atoms with Gasteiger partial charge in [0, 0.05) is 0 Å². The lowest BCUT2D eigenvalue weighted by molar-refractivity contribution is 0.275. The molecule has 1 aromatic carbocycles. The molecule has 16 heavy (non-hydrogen) atoms. The van der Waals surface area contributed by atoms with Gasteiger partial charge in [-0.25, -0.2) is 0 Å². The highest BCUT2D eigenvalue weighted by Crippen LogP contribution is 2.11. The molecule has 0 saturated heterocycles. The average Bonchev–Trinajstić information content (AvgIpc) is 2.38. The van der Waals surface area contributed by atoms with Crippen molar-refractivity contribution in [1.82, 2.24) is 4.98 Å². The van der Waals surface area contributed by atoms with Crippen LogP contribution in [-0.4, -0.2) is 10.1 Å². The second-order valence-electron chi connectivity index (χ2n) is 3.42. The van der Waals surface area contributed by atoms with Crippen LogP contribution in [-0.2, 0) is 13.2 Å². The van der Waals surface area contributed by atoms with Crippen LogP contribution >= 0.6 is 0 Å². The molecule has 2 aromatic rings. The molecule has 0 fully saturated rings. The largest absolute Gasteiger partial charge is 0.487 e. The topological polar surface area (TPSA) is 42.4 Å². The predicted octanol–water partition coefficient (Wildman–Crippen LogP) is 2.15.